The Balaban J connectivity index is 1.69. The summed E-state index contributed by atoms with van der Waals surface area (Å²) >= 11 is 0. The quantitative estimate of drug-likeness (QED) is 0.512. The minimum Gasteiger partial charge on any atom is -0.462 e. The van der Waals surface area contributed by atoms with Crippen LogP contribution >= 0.6 is 0 Å². The number of rotatable bonds is 4. The van der Waals surface area contributed by atoms with Gasteiger partial charge in [0.25, 0.3) is 5.78 Å². The number of carbonyl (C=O) groups excluding carboxylic acids is 1. The standard InChI is InChI=1S/C18H14F3N5O2/c1-2-28-15(27)10-7-8-14-13(9-10)23-17-24-16(25-26(14)17)22-12-6-4-3-5-11(12)18(19,20)21/h3-9H,2H2,1H3,(H2,22,23,24,25). The molecule has 0 saturated carbocycles. The summed E-state index contributed by atoms with van der Waals surface area (Å²) in [6.45, 7) is 1.97. The van der Waals surface area contributed by atoms with Crippen molar-refractivity contribution >= 4 is 34.4 Å². The van der Waals surface area contributed by atoms with Crippen molar-refractivity contribution in [1.29, 1.82) is 0 Å². The van der Waals surface area contributed by atoms with Crippen molar-refractivity contribution in [2.45, 2.75) is 13.1 Å². The monoisotopic (exact) mass is 389 g/mol. The molecule has 2 heterocycles. The Morgan fingerprint density at radius 3 is 2.75 bits per heavy atom. The molecule has 2 aromatic carbocycles. The summed E-state index contributed by atoms with van der Waals surface area (Å²) in [5.41, 5.74) is 0.556. The molecular formula is C18H14F3N5O2. The molecule has 7 nitrogen and oxygen atoms in total. The van der Waals surface area contributed by atoms with Gasteiger partial charge in [-0.05, 0) is 37.3 Å². The number of H-pyrrole nitrogens is 1. The van der Waals surface area contributed by atoms with Crippen LogP contribution in [0.2, 0.25) is 0 Å². The molecule has 4 aromatic rings. The van der Waals surface area contributed by atoms with E-state index >= 15 is 0 Å². The highest BCUT2D eigenvalue weighted by molar-refractivity contribution is 5.94. The third-order valence-electron chi connectivity index (χ3n) is 4.06. The lowest BCUT2D eigenvalue weighted by atomic mass is 10.1. The fraction of sp³-hybridized carbons (Fsp3) is 0.167. The molecule has 0 aliphatic heterocycles. The maximum atomic E-state index is 13.1. The van der Waals surface area contributed by atoms with Crippen LogP contribution in [0.25, 0.3) is 16.8 Å². The second kappa shape index (κ2) is 6.55. The number of alkyl halides is 3. The Labute approximate surface area is 156 Å². The topological polar surface area (TPSA) is 84.3 Å². The van der Waals surface area contributed by atoms with Crippen molar-refractivity contribution in [2.24, 2.45) is 0 Å². The van der Waals surface area contributed by atoms with E-state index in [0.717, 1.165) is 6.07 Å². The highest BCUT2D eigenvalue weighted by Gasteiger charge is 2.33. The molecular weight excluding hydrogens is 375 g/mol. The first-order chi connectivity index (χ1) is 13.4. The molecule has 0 atom stereocenters. The van der Waals surface area contributed by atoms with Crippen LogP contribution in [0.5, 0.6) is 0 Å². The third-order valence-corrected chi connectivity index (χ3v) is 4.06. The molecule has 0 radical (unpaired) electrons. The van der Waals surface area contributed by atoms with E-state index in [1.165, 1.54) is 22.7 Å². The van der Waals surface area contributed by atoms with Gasteiger partial charge >= 0.3 is 12.1 Å². The average Bonchev–Trinajstić information content (AvgIpc) is 3.18. The number of fused-ring (bicyclic) bond motifs is 3. The molecule has 0 aliphatic rings. The fourth-order valence-electron chi connectivity index (χ4n) is 2.85. The summed E-state index contributed by atoms with van der Waals surface area (Å²) in [4.78, 5) is 20.3. The number of ether oxygens (including phenoxy) is 1. The van der Waals surface area contributed by atoms with Crippen LogP contribution in [-0.4, -0.2) is 32.2 Å². The molecule has 0 unspecified atom stereocenters. The molecule has 10 heteroatoms. The number of halogens is 3. The lowest BCUT2D eigenvalue weighted by molar-refractivity contribution is -0.136. The van der Waals surface area contributed by atoms with Crippen LogP contribution in [-0.2, 0) is 10.9 Å². The summed E-state index contributed by atoms with van der Waals surface area (Å²) in [7, 11) is 0. The first-order valence-electron chi connectivity index (χ1n) is 8.35. The van der Waals surface area contributed by atoms with Crippen LogP contribution in [0.15, 0.2) is 42.5 Å². The van der Waals surface area contributed by atoms with E-state index in [9.17, 15) is 18.0 Å². The first kappa shape index (κ1) is 17.8. The van der Waals surface area contributed by atoms with E-state index in [1.807, 2.05) is 0 Å². The largest absolute Gasteiger partial charge is 0.462 e. The molecule has 0 bridgehead atoms. The van der Waals surface area contributed by atoms with Gasteiger partial charge in [-0.2, -0.15) is 18.2 Å². The zero-order valence-corrected chi connectivity index (χ0v) is 14.5. The number of para-hydroxylation sites is 1. The molecule has 0 saturated heterocycles. The van der Waals surface area contributed by atoms with E-state index in [4.69, 9.17) is 4.74 Å². The van der Waals surface area contributed by atoms with Gasteiger partial charge in [-0.3, -0.25) is 5.10 Å². The molecule has 4 rings (SSSR count). The summed E-state index contributed by atoms with van der Waals surface area (Å²) in [5.74, 6) is -0.0984. The van der Waals surface area contributed by atoms with Crippen LogP contribution in [0.1, 0.15) is 22.8 Å². The maximum absolute atomic E-state index is 13.1. The normalized spacial score (nSPS) is 11.9. The molecule has 2 N–H and O–H groups in total. The van der Waals surface area contributed by atoms with E-state index in [0.29, 0.717) is 16.6 Å². The smallest absolute Gasteiger partial charge is 0.418 e. The molecule has 0 spiro atoms. The van der Waals surface area contributed by atoms with Gasteiger partial charge < -0.3 is 10.1 Å². The minimum absolute atomic E-state index is 0.107. The number of nitrogens with one attached hydrogen (secondary N) is 2. The van der Waals surface area contributed by atoms with Crippen molar-refractivity contribution in [2.75, 3.05) is 11.9 Å². The van der Waals surface area contributed by atoms with Gasteiger partial charge in [0.1, 0.15) is 0 Å². The highest BCUT2D eigenvalue weighted by atomic mass is 19.4. The average molecular weight is 389 g/mol. The molecule has 0 amide bonds. The number of carbonyl (C=O) groups is 1. The fourth-order valence-corrected chi connectivity index (χ4v) is 2.85. The zero-order valence-electron chi connectivity index (χ0n) is 14.5. The predicted molar refractivity (Wildman–Crippen MR) is 95.5 cm³/mol. The van der Waals surface area contributed by atoms with Crippen LogP contribution in [0.4, 0.5) is 24.8 Å². The lowest BCUT2D eigenvalue weighted by Crippen LogP contribution is -2.09. The van der Waals surface area contributed by atoms with Crippen LogP contribution in [0, 0.1) is 0 Å². The van der Waals surface area contributed by atoms with E-state index in [1.54, 1.807) is 25.1 Å². The maximum Gasteiger partial charge on any atom is 0.418 e. The molecule has 144 valence electrons. The highest BCUT2D eigenvalue weighted by Crippen LogP contribution is 2.35. The number of aromatic amines is 1. The van der Waals surface area contributed by atoms with Gasteiger partial charge in [0, 0.05) is 0 Å². The molecule has 2 aromatic heterocycles. The van der Waals surface area contributed by atoms with Crippen molar-refractivity contribution in [3.05, 3.63) is 53.6 Å². The van der Waals surface area contributed by atoms with Gasteiger partial charge in [-0.15, -0.1) is 0 Å². The number of nitrogens with zero attached hydrogens (tertiary/aromatic N) is 3. The van der Waals surface area contributed by atoms with Crippen molar-refractivity contribution in [3.8, 4) is 0 Å². The Hall–Kier alpha value is -3.56. The summed E-state index contributed by atoms with van der Waals surface area (Å²) in [5, 5.41) is 5.51. The van der Waals surface area contributed by atoms with Crippen molar-refractivity contribution in [1.82, 2.24) is 19.6 Å². The van der Waals surface area contributed by atoms with Crippen LogP contribution < -0.4 is 5.32 Å². The van der Waals surface area contributed by atoms with Gasteiger partial charge in [0.05, 0.1) is 34.5 Å². The van der Waals surface area contributed by atoms with E-state index in [2.05, 4.69) is 20.4 Å². The first-order valence-corrected chi connectivity index (χ1v) is 8.35. The Kier molecular flexibility index (Phi) is 4.17. The van der Waals surface area contributed by atoms with Gasteiger partial charge in [0.2, 0.25) is 5.95 Å². The third kappa shape index (κ3) is 3.13. The van der Waals surface area contributed by atoms with Gasteiger partial charge in [-0.25, -0.2) is 14.3 Å². The van der Waals surface area contributed by atoms with Crippen molar-refractivity contribution in [3.63, 3.8) is 0 Å². The summed E-state index contributed by atoms with van der Waals surface area (Å²) in [6, 6.07) is 9.94. The zero-order chi connectivity index (χ0) is 19.9. The second-order valence-electron chi connectivity index (χ2n) is 5.91. The Bertz CT molecular complexity index is 1180. The van der Waals surface area contributed by atoms with E-state index < -0.39 is 17.7 Å². The van der Waals surface area contributed by atoms with Gasteiger partial charge in [0.15, 0.2) is 0 Å². The molecule has 28 heavy (non-hydrogen) atoms. The number of anilines is 2. The Morgan fingerprint density at radius 1 is 1.21 bits per heavy atom. The molecule has 0 aliphatic carbocycles. The van der Waals surface area contributed by atoms with Gasteiger partial charge in [-0.1, -0.05) is 12.1 Å². The molecule has 0 fully saturated rings. The SMILES string of the molecule is CCOC(=O)c1ccc2c(c1)nc1nc(Nc3ccccc3C(F)(F)F)[nH]n12. The predicted octanol–water partition coefficient (Wildman–Crippen LogP) is 4.15. The number of esters is 1. The number of imidazole rings is 1. The number of aromatic nitrogens is 4. The number of hydrogen-bond acceptors (Lipinski definition) is 5. The summed E-state index contributed by atoms with van der Waals surface area (Å²) < 4.78 is 45.9. The number of benzene rings is 2. The summed E-state index contributed by atoms with van der Waals surface area (Å²) in [6.07, 6.45) is -4.49. The minimum atomic E-state index is -4.49. The lowest BCUT2D eigenvalue weighted by Gasteiger charge is -2.12. The second-order valence-corrected chi connectivity index (χ2v) is 5.91. The van der Waals surface area contributed by atoms with Crippen LogP contribution in [0.3, 0.4) is 0 Å². The Morgan fingerprint density at radius 2 is 2.00 bits per heavy atom. The van der Waals surface area contributed by atoms with Crippen molar-refractivity contribution < 1.29 is 22.7 Å². The van der Waals surface area contributed by atoms with E-state index in [-0.39, 0.29) is 24.0 Å². The number of hydrogen-bond donors (Lipinski definition) is 2.